The molecule has 4 aromatic heterocycles. The third-order valence-corrected chi connectivity index (χ3v) is 18.5. The number of hydrogen-bond acceptors (Lipinski definition) is 2. The Bertz CT molecular complexity index is 5110. The highest BCUT2D eigenvalue weighted by atomic mass is 15.2. The van der Waals surface area contributed by atoms with E-state index < -0.39 is 12.1 Å². The van der Waals surface area contributed by atoms with Gasteiger partial charge in [0.2, 0.25) is 0 Å². The van der Waals surface area contributed by atoms with E-state index in [0.717, 1.165) is 125 Å². The molecule has 4 nitrogen and oxygen atoms in total. The number of fused-ring (bicyclic) bond motifs is 12. The molecule has 11 aromatic carbocycles. The summed E-state index contributed by atoms with van der Waals surface area (Å²) in [5, 5.41) is 8.74. The van der Waals surface area contributed by atoms with E-state index in [4.69, 9.17) is 8.22 Å². The Morgan fingerprint density at radius 2 is 0.732 bits per heavy atom. The van der Waals surface area contributed by atoms with Crippen LogP contribution in [0.3, 0.4) is 0 Å². The molecule has 0 unspecified atom stereocenters. The zero-order valence-corrected chi connectivity index (χ0v) is 45.3. The number of rotatable bonds is 10. The van der Waals surface area contributed by atoms with Gasteiger partial charge < -0.3 is 18.6 Å². The van der Waals surface area contributed by atoms with Gasteiger partial charge in [0.25, 0.3) is 0 Å². The van der Waals surface area contributed by atoms with Gasteiger partial charge in [-0.1, -0.05) is 196 Å². The van der Waals surface area contributed by atoms with Gasteiger partial charge in [-0.05, 0) is 145 Å². The molecule has 0 spiro atoms. The summed E-state index contributed by atoms with van der Waals surface area (Å²) >= 11 is 0. The molecule has 82 heavy (non-hydrogen) atoms. The molecular formula is C78H62N4. The van der Waals surface area contributed by atoms with Crippen LogP contribution in [0.15, 0.2) is 242 Å². The van der Waals surface area contributed by atoms with Crippen LogP contribution in [0.1, 0.15) is 101 Å². The van der Waals surface area contributed by atoms with Gasteiger partial charge in [-0.25, -0.2) is 0 Å². The molecule has 2 saturated carbocycles. The summed E-state index contributed by atoms with van der Waals surface area (Å²) in [6.07, 6.45) is 11.8. The SMILES string of the molecule is [2H]c1c([2H])c([2H])c(-c2ccccc2N(c2ccccc2)c2ccc3c4cc5c(cc4n4c6ccc(C7CCCCC7)cc6c2c34)c2ccc(N(c3ccccc3)c3ccccc3-c3c([2H])c([2H])c([2H])c([2H])c3[2H])c3c4cc(C6CCCCC6)ccc4n5c23)c([2H])c1[2H]. The number of anilines is 6. The van der Waals surface area contributed by atoms with E-state index in [1.807, 2.05) is 84.9 Å². The largest absolute Gasteiger partial charge is 0.309 e. The number of benzene rings is 11. The molecule has 2 aliphatic rings. The maximum absolute atomic E-state index is 9.26. The second kappa shape index (κ2) is 19.1. The molecule has 0 aliphatic heterocycles. The molecule has 0 radical (unpaired) electrons. The highest BCUT2D eigenvalue weighted by molar-refractivity contribution is 6.32. The minimum atomic E-state index is -0.431. The average molecular weight is 1070 g/mol. The summed E-state index contributed by atoms with van der Waals surface area (Å²) in [6.45, 7) is 0. The lowest BCUT2D eigenvalue weighted by atomic mass is 9.83. The van der Waals surface area contributed by atoms with Crippen molar-refractivity contribution in [1.29, 1.82) is 0 Å². The van der Waals surface area contributed by atoms with Crippen LogP contribution in [-0.2, 0) is 0 Å². The molecule has 17 rings (SSSR count). The van der Waals surface area contributed by atoms with Crippen molar-refractivity contribution < 1.29 is 13.7 Å². The van der Waals surface area contributed by atoms with Gasteiger partial charge in [0, 0.05) is 65.6 Å². The van der Waals surface area contributed by atoms with E-state index in [2.05, 4.69) is 116 Å². The van der Waals surface area contributed by atoms with Crippen molar-refractivity contribution in [2.45, 2.75) is 76.0 Å². The van der Waals surface area contributed by atoms with Crippen LogP contribution < -0.4 is 9.80 Å². The van der Waals surface area contributed by atoms with Crippen molar-refractivity contribution >= 4 is 110 Å². The van der Waals surface area contributed by atoms with Crippen LogP contribution in [0.2, 0.25) is 0 Å². The standard InChI is InChI=1S/C78H62N4/c1-7-23-51(24-8-1)55-39-43-69-65(47-55)75-71(79(57-31-15-5-16-32-57)67-37-21-19-35-59(67)53-27-11-3-12-28-53)45-41-61-63-50-74-64(49-73(63)81(69)77(61)75)62-42-46-72(76-66-48-56(52-25-9-2-10-26-52)40-44-70(66)82(74)78(62)76)80(58-33-17-6-18-34-58)68-38-22-20-36-60(68)54-29-13-4-14-30-54/h3-6,11-22,27-52H,1-2,7-10,23-26H2/i3D,4D,11D,12D,13D,14D,27D,28D,29D,30D. The lowest BCUT2D eigenvalue weighted by Gasteiger charge is -2.29. The predicted octanol–water partition coefficient (Wildman–Crippen LogP) is 22.4. The third kappa shape index (κ3) is 7.29. The molecule has 4 heterocycles. The zero-order chi connectivity index (χ0) is 62.5. The highest BCUT2D eigenvalue weighted by Crippen LogP contribution is 2.54. The Labute approximate surface area is 492 Å². The molecule has 4 heteroatoms. The molecule has 15 aromatic rings. The molecule has 2 fully saturated rings. The van der Waals surface area contributed by atoms with Crippen molar-refractivity contribution in [3.63, 3.8) is 0 Å². The van der Waals surface area contributed by atoms with Crippen molar-refractivity contribution in [2.24, 2.45) is 0 Å². The normalized spacial score (nSPS) is 16.4. The highest BCUT2D eigenvalue weighted by Gasteiger charge is 2.31. The molecule has 0 saturated heterocycles. The third-order valence-electron chi connectivity index (χ3n) is 18.5. The van der Waals surface area contributed by atoms with Gasteiger partial charge in [-0.2, -0.15) is 0 Å². The fourth-order valence-electron chi connectivity index (χ4n) is 14.9. The predicted molar refractivity (Wildman–Crippen MR) is 348 cm³/mol. The quantitative estimate of drug-likeness (QED) is 0.136. The summed E-state index contributed by atoms with van der Waals surface area (Å²) in [5.74, 6) is 0.860. The van der Waals surface area contributed by atoms with E-state index in [9.17, 15) is 5.48 Å². The smallest absolute Gasteiger partial charge is 0.0641 e. The van der Waals surface area contributed by atoms with Crippen LogP contribution in [0.25, 0.3) is 98.4 Å². The number of nitrogens with zero attached hydrogens (tertiary/aromatic N) is 4. The number of para-hydroxylation sites is 4. The van der Waals surface area contributed by atoms with Crippen LogP contribution in [-0.4, -0.2) is 8.80 Å². The first-order valence-electron chi connectivity index (χ1n) is 34.3. The second-order valence-electron chi connectivity index (χ2n) is 22.9. The van der Waals surface area contributed by atoms with Gasteiger partial charge in [-0.15, -0.1) is 0 Å². The fourth-order valence-corrected chi connectivity index (χ4v) is 14.9. The minimum absolute atomic E-state index is 0.142. The van der Waals surface area contributed by atoms with E-state index >= 15 is 0 Å². The fraction of sp³-hybridized carbons (Fsp3) is 0.154. The molecule has 0 amide bonds. The molecular weight excluding hydrogens is 993 g/mol. The van der Waals surface area contributed by atoms with Crippen LogP contribution in [0.5, 0.6) is 0 Å². The maximum Gasteiger partial charge on any atom is 0.0641 e. The lowest BCUT2D eigenvalue weighted by Crippen LogP contribution is -2.11. The maximum atomic E-state index is 9.26. The molecule has 0 bridgehead atoms. The van der Waals surface area contributed by atoms with Gasteiger partial charge in [0.1, 0.15) is 0 Å². The lowest BCUT2D eigenvalue weighted by molar-refractivity contribution is 0.444. The summed E-state index contributed by atoms with van der Waals surface area (Å²) in [5.41, 5.74) is 15.3. The van der Waals surface area contributed by atoms with E-state index in [1.165, 1.54) is 49.7 Å². The number of hydrogen-bond donors (Lipinski definition) is 0. The van der Waals surface area contributed by atoms with Crippen LogP contribution in [0, 0.1) is 0 Å². The molecule has 2 aliphatic carbocycles. The first-order valence-corrected chi connectivity index (χ1v) is 29.3. The minimum Gasteiger partial charge on any atom is -0.309 e. The Balaban J connectivity index is 0.960. The Morgan fingerprint density at radius 3 is 1.16 bits per heavy atom. The summed E-state index contributed by atoms with van der Waals surface area (Å²) in [4.78, 5) is 4.43. The Hall–Kier alpha value is -9.38. The first-order chi connectivity index (χ1) is 44.9. The van der Waals surface area contributed by atoms with Gasteiger partial charge in [0.15, 0.2) is 0 Å². The summed E-state index contributed by atoms with van der Waals surface area (Å²) in [6, 6.07) is 60.3. The molecule has 0 atom stereocenters. The monoisotopic (exact) mass is 1060 g/mol. The molecule has 0 N–H and O–H groups in total. The van der Waals surface area contributed by atoms with E-state index in [-0.39, 0.29) is 59.5 Å². The Morgan fingerprint density at radius 1 is 0.329 bits per heavy atom. The Kier molecular flexibility index (Phi) is 8.94. The van der Waals surface area contributed by atoms with Gasteiger partial charge in [-0.3, -0.25) is 0 Å². The topological polar surface area (TPSA) is 15.3 Å². The van der Waals surface area contributed by atoms with E-state index in [0.29, 0.717) is 34.3 Å². The van der Waals surface area contributed by atoms with Gasteiger partial charge >= 0.3 is 0 Å². The summed E-state index contributed by atoms with van der Waals surface area (Å²) in [7, 11) is 0. The van der Waals surface area contributed by atoms with Gasteiger partial charge in [0.05, 0.1) is 69.6 Å². The zero-order valence-electron chi connectivity index (χ0n) is 55.3. The molecule has 394 valence electrons. The van der Waals surface area contributed by atoms with Crippen molar-refractivity contribution in [3.8, 4) is 22.3 Å². The number of aromatic nitrogens is 2. The van der Waals surface area contributed by atoms with Crippen molar-refractivity contribution in [2.75, 3.05) is 9.80 Å². The van der Waals surface area contributed by atoms with E-state index in [1.54, 1.807) is 0 Å². The average Bonchev–Trinajstić information content (AvgIpc) is 1.51. The summed E-state index contributed by atoms with van der Waals surface area (Å²) < 4.78 is 94.2. The van der Waals surface area contributed by atoms with Crippen molar-refractivity contribution in [3.05, 3.63) is 254 Å². The second-order valence-corrected chi connectivity index (χ2v) is 22.9. The van der Waals surface area contributed by atoms with Crippen LogP contribution in [0.4, 0.5) is 34.1 Å². The van der Waals surface area contributed by atoms with Crippen LogP contribution >= 0.6 is 0 Å². The first kappa shape index (κ1) is 38.3. The van der Waals surface area contributed by atoms with Crippen molar-refractivity contribution in [1.82, 2.24) is 8.80 Å².